The van der Waals surface area contributed by atoms with E-state index in [-0.39, 0.29) is 16.6 Å². The summed E-state index contributed by atoms with van der Waals surface area (Å²) in [7, 11) is 1.62. The van der Waals surface area contributed by atoms with E-state index in [4.69, 9.17) is 16.7 Å². The molecule has 0 aliphatic carbocycles. The summed E-state index contributed by atoms with van der Waals surface area (Å²) in [4.78, 5) is 22.7. The van der Waals surface area contributed by atoms with Crippen LogP contribution < -0.4 is 5.32 Å². The lowest BCUT2D eigenvalue weighted by molar-refractivity contribution is -0.140. The number of rotatable bonds is 4. The van der Waals surface area contributed by atoms with Gasteiger partial charge in [0, 0.05) is 13.2 Å². The molecular weight excluding hydrogens is 246 g/mol. The number of halogens is 1. The zero-order chi connectivity index (χ0) is 13.2. The summed E-state index contributed by atoms with van der Waals surface area (Å²) in [5.41, 5.74) is 0.0288. The van der Waals surface area contributed by atoms with Crippen LogP contribution in [0.3, 0.4) is 0 Å². The number of carbonyl (C=O) groups excluding carboxylic acids is 1. The maximum Gasteiger partial charge on any atom is 0.326 e. The second-order valence-corrected chi connectivity index (χ2v) is 4.44. The van der Waals surface area contributed by atoms with Crippen LogP contribution in [0.2, 0.25) is 5.02 Å². The van der Waals surface area contributed by atoms with E-state index in [2.05, 4.69) is 10.4 Å². The number of hydrogen-bond donors (Lipinski definition) is 2. The Labute approximate surface area is 104 Å². The first-order valence-electron chi connectivity index (χ1n) is 5.05. The molecule has 6 nitrogen and oxygen atoms in total. The van der Waals surface area contributed by atoms with Crippen LogP contribution >= 0.6 is 11.6 Å². The fourth-order valence-electron chi connectivity index (χ4n) is 1.34. The zero-order valence-electron chi connectivity index (χ0n) is 9.77. The number of aromatic nitrogens is 2. The van der Waals surface area contributed by atoms with Gasteiger partial charge in [0.2, 0.25) is 0 Å². The molecule has 0 aliphatic rings. The topological polar surface area (TPSA) is 84.2 Å². The van der Waals surface area contributed by atoms with Gasteiger partial charge in [-0.15, -0.1) is 0 Å². The van der Waals surface area contributed by atoms with Crippen LogP contribution in [0.5, 0.6) is 0 Å². The lowest BCUT2D eigenvalue weighted by Crippen LogP contribution is -2.44. The van der Waals surface area contributed by atoms with Gasteiger partial charge >= 0.3 is 5.97 Å². The molecular formula is C10H14ClN3O3. The quantitative estimate of drug-likeness (QED) is 0.842. The molecule has 2 N–H and O–H groups in total. The van der Waals surface area contributed by atoms with Crippen LogP contribution in [0.4, 0.5) is 0 Å². The molecule has 0 aliphatic heterocycles. The molecule has 7 heteroatoms. The van der Waals surface area contributed by atoms with E-state index < -0.39 is 17.9 Å². The molecule has 1 atom stereocenters. The van der Waals surface area contributed by atoms with Crippen LogP contribution in [0, 0.1) is 5.92 Å². The first-order valence-corrected chi connectivity index (χ1v) is 5.43. The van der Waals surface area contributed by atoms with Crippen molar-refractivity contribution in [3.8, 4) is 0 Å². The van der Waals surface area contributed by atoms with Crippen LogP contribution in [-0.4, -0.2) is 32.8 Å². The van der Waals surface area contributed by atoms with Crippen molar-refractivity contribution in [3.05, 3.63) is 16.9 Å². The Kier molecular flexibility index (Phi) is 4.11. The third kappa shape index (κ3) is 3.20. The molecule has 0 bridgehead atoms. The van der Waals surface area contributed by atoms with Crippen molar-refractivity contribution in [1.82, 2.24) is 15.1 Å². The van der Waals surface area contributed by atoms with Crippen LogP contribution in [0.1, 0.15) is 24.3 Å². The second-order valence-electron chi connectivity index (χ2n) is 4.03. The van der Waals surface area contributed by atoms with E-state index in [9.17, 15) is 9.59 Å². The van der Waals surface area contributed by atoms with Crippen molar-refractivity contribution in [2.24, 2.45) is 13.0 Å². The average molecular weight is 260 g/mol. The van der Waals surface area contributed by atoms with E-state index in [0.717, 1.165) is 0 Å². The molecule has 17 heavy (non-hydrogen) atoms. The third-order valence-electron chi connectivity index (χ3n) is 2.22. The highest BCUT2D eigenvalue weighted by Crippen LogP contribution is 2.13. The molecule has 0 saturated heterocycles. The Balaban J connectivity index is 2.85. The standard InChI is InChI=1S/C10H14ClN3O3/c1-5(2)7(10(16)17)12-9(15)8-6(11)4-14(3)13-8/h4-5,7H,1-3H3,(H,12,15)(H,16,17)/t7-/m0/s1. The second kappa shape index (κ2) is 5.18. The molecule has 0 fully saturated rings. The summed E-state index contributed by atoms with van der Waals surface area (Å²) in [5, 5.41) is 15.4. The van der Waals surface area contributed by atoms with E-state index in [1.807, 2.05) is 0 Å². The van der Waals surface area contributed by atoms with Gasteiger partial charge in [-0.3, -0.25) is 9.48 Å². The average Bonchev–Trinajstić information content (AvgIpc) is 2.53. The maximum atomic E-state index is 11.8. The Morgan fingerprint density at radius 2 is 2.12 bits per heavy atom. The van der Waals surface area contributed by atoms with Crippen molar-refractivity contribution < 1.29 is 14.7 Å². The Hall–Kier alpha value is -1.56. The van der Waals surface area contributed by atoms with Crippen LogP contribution in [-0.2, 0) is 11.8 Å². The number of carboxylic acid groups (broad SMARTS) is 1. The minimum Gasteiger partial charge on any atom is -0.480 e. The van der Waals surface area contributed by atoms with E-state index in [1.165, 1.54) is 10.9 Å². The largest absolute Gasteiger partial charge is 0.480 e. The van der Waals surface area contributed by atoms with Gasteiger partial charge in [0.15, 0.2) is 5.69 Å². The molecule has 0 spiro atoms. The minimum absolute atomic E-state index is 0.0288. The SMILES string of the molecule is CC(C)[C@H](NC(=O)c1nn(C)cc1Cl)C(=O)O. The molecule has 1 heterocycles. The Bertz CT molecular complexity index is 442. The smallest absolute Gasteiger partial charge is 0.326 e. The monoisotopic (exact) mass is 259 g/mol. The highest BCUT2D eigenvalue weighted by Gasteiger charge is 2.26. The van der Waals surface area contributed by atoms with Gasteiger partial charge in [0.05, 0.1) is 5.02 Å². The molecule has 1 aromatic heterocycles. The first kappa shape index (κ1) is 13.5. The predicted molar refractivity (Wildman–Crippen MR) is 61.9 cm³/mol. The number of nitrogens with zero attached hydrogens (tertiary/aromatic N) is 2. The highest BCUT2D eigenvalue weighted by molar-refractivity contribution is 6.33. The van der Waals surface area contributed by atoms with Gasteiger partial charge in [-0.05, 0) is 5.92 Å². The summed E-state index contributed by atoms with van der Waals surface area (Å²) in [6.07, 6.45) is 1.47. The number of aryl methyl sites for hydroxylation is 1. The number of carboxylic acids is 1. The van der Waals surface area contributed by atoms with E-state index in [1.54, 1.807) is 20.9 Å². The number of hydrogen-bond acceptors (Lipinski definition) is 3. The van der Waals surface area contributed by atoms with E-state index in [0.29, 0.717) is 0 Å². The number of carbonyl (C=O) groups is 2. The molecule has 0 unspecified atom stereocenters. The zero-order valence-corrected chi connectivity index (χ0v) is 10.5. The van der Waals surface area contributed by atoms with Crippen molar-refractivity contribution >= 4 is 23.5 Å². The van der Waals surface area contributed by atoms with Gasteiger partial charge in [0.1, 0.15) is 6.04 Å². The minimum atomic E-state index is -1.08. The molecule has 1 amide bonds. The van der Waals surface area contributed by atoms with Gasteiger partial charge in [-0.2, -0.15) is 5.10 Å². The number of nitrogens with one attached hydrogen (secondary N) is 1. The third-order valence-corrected chi connectivity index (χ3v) is 2.50. The molecule has 94 valence electrons. The van der Waals surface area contributed by atoms with Crippen molar-refractivity contribution in [2.75, 3.05) is 0 Å². The Morgan fingerprint density at radius 1 is 1.53 bits per heavy atom. The van der Waals surface area contributed by atoms with Crippen molar-refractivity contribution in [2.45, 2.75) is 19.9 Å². The van der Waals surface area contributed by atoms with Gasteiger partial charge in [-0.25, -0.2) is 4.79 Å². The summed E-state index contributed by atoms with van der Waals surface area (Å²) in [6.45, 7) is 3.41. The van der Waals surface area contributed by atoms with Gasteiger partial charge in [-0.1, -0.05) is 25.4 Å². The molecule has 0 radical (unpaired) electrons. The van der Waals surface area contributed by atoms with E-state index >= 15 is 0 Å². The van der Waals surface area contributed by atoms with Crippen LogP contribution in [0.15, 0.2) is 6.20 Å². The highest BCUT2D eigenvalue weighted by atomic mass is 35.5. The molecule has 0 aromatic carbocycles. The maximum absolute atomic E-state index is 11.8. The summed E-state index contributed by atoms with van der Waals surface area (Å²) < 4.78 is 1.39. The summed E-state index contributed by atoms with van der Waals surface area (Å²) >= 11 is 5.79. The normalized spacial score (nSPS) is 12.5. The van der Waals surface area contributed by atoms with Crippen molar-refractivity contribution in [3.63, 3.8) is 0 Å². The van der Waals surface area contributed by atoms with Crippen LogP contribution in [0.25, 0.3) is 0 Å². The fraction of sp³-hybridized carbons (Fsp3) is 0.500. The summed E-state index contributed by atoms with van der Waals surface area (Å²) in [5.74, 6) is -1.89. The fourth-order valence-corrected chi connectivity index (χ4v) is 1.60. The molecule has 1 rings (SSSR count). The number of amides is 1. The van der Waals surface area contributed by atoms with Gasteiger partial charge in [0.25, 0.3) is 5.91 Å². The summed E-state index contributed by atoms with van der Waals surface area (Å²) in [6, 6.07) is -0.958. The van der Waals surface area contributed by atoms with Crippen molar-refractivity contribution in [1.29, 1.82) is 0 Å². The number of aliphatic carboxylic acids is 1. The first-order chi connectivity index (χ1) is 7.82. The Morgan fingerprint density at radius 3 is 2.47 bits per heavy atom. The predicted octanol–water partition coefficient (Wildman–Crippen LogP) is 0.912. The lowest BCUT2D eigenvalue weighted by atomic mass is 10.0. The molecule has 1 aromatic rings. The van der Waals surface area contributed by atoms with Gasteiger partial charge < -0.3 is 10.4 Å². The molecule has 0 saturated carbocycles. The lowest BCUT2D eigenvalue weighted by Gasteiger charge is -2.17.